The van der Waals surface area contributed by atoms with E-state index in [1.807, 2.05) is 6.92 Å². The molecule has 0 heterocycles. The number of nitrogens with one attached hydrogen (secondary N) is 1. The number of hydrogen-bond acceptors (Lipinski definition) is 2. The first-order chi connectivity index (χ1) is 6.34. The van der Waals surface area contributed by atoms with Crippen LogP contribution in [0.2, 0.25) is 0 Å². The molecule has 0 aliphatic heterocycles. The Morgan fingerprint density at radius 3 is 2.21 bits per heavy atom. The Bertz CT molecular complexity index is 216. The highest BCUT2D eigenvalue weighted by atomic mass is 32.1. The molecule has 0 saturated carbocycles. The average molecular weight is 216 g/mol. The molecule has 0 aliphatic carbocycles. The highest BCUT2D eigenvalue weighted by Gasteiger charge is 2.17. The third-order valence-corrected chi connectivity index (χ3v) is 2.39. The number of carbonyl (C=O) groups excluding carboxylic acids is 1. The van der Waals surface area contributed by atoms with Gasteiger partial charge in [0.2, 0.25) is 5.91 Å². The fourth-order valence-electron chi connectivity index (χ4n) is 1.26. The molecular weight excluding hydrogens is 196 g/mol. The molecule has 2 atom stereocenters. The first-order valence-corrected chi connectivity index (χ1v) is 5.35. The topological polar surface area (TPSA) is 55.1 Å². The SMILES string of the molecule is CC(C)CC(C)NC(=O)C(C)C(N)=S. The second-order valence-corrected chi connectivity index (χ2v) is 4.63. The lowest BCUT2D eigenvalue weighted by Crippen LogP contribution is -2.41. The highest BCUT2D eigenvalue weighted by Crippen LogP contribution is 2.05. The van der Waals surface area contributed by atoms with Gasteiger partial charge in [-0.15, -0.1) is 0 Å². The fourth-order valence-corrected chi connectivity index (χ4v) is 1.37. The summed E-state index contributed by atoms with van der Waals surface area (Å²) >= 11 is 4.75. The van der Waals surface area contributed by atoms with Crippen LogP contribution >= 0.6 is 12.2 Å². The Balaban J connectivity index is 3.99. The maximum absolute atomic E-state index is 11.5. The number of carbonyl (C=O) groups is 1. The van der Waals surface area contributed by atoms with Crippen LogP contribution in [0.3, 0.4) is 0 Å². The summed E-state index contributed by atoms with van der Waals surface area (Å²) in [6, 6.07) is 0.180. The second kappa shape index (κ2) is 5.96. The van der Waals surface area contributed by atoms with E-state index >= 15 is 0 Å². The van der Waals surface area contributed by atoms with E-state index in [1.54, 1.807) is 6.92 Å². The van der Waals surface area contributed by atoms with Gasteiger partial charge in [0.25, 0.3) is 0 Å². The molecule has 0 rings (SSSR count). The number of nitrogens with two attached hydrogens (primary N) is 1. The standard InChI is InChI=1S/C10H20N2OS/c1-6(2)5-7(3)12-10(13)8(4)9(11)14/h6-8H,5H2,1-4H3,(H2,11,14)(H,12,13). The molecule has 0 aromatic heterocycles. The third-order valence-electron chi connectivity index (χ3n) is 2.03. The van der Waals surface area contributed by atoms with E-state index in [9.17, 15) is 4.79 Å². The molecule has 4 heteroatoms. The van der Waals surface area contributed by atoms with Gasteiger partial charge in [0.15, 0.2) is 0 Å². The van der Waals surface area contributed by atoms with Crippen LogP contribution < -0.4 is 11.1 Å². The fraction of sp³-hybridized carbons (Fsp3) is 0.800. The summed E-state index contributed by atoms with van der Waals surface area (Å²) in [7, 11) is 0. The van der Waals surface area contributed by atoms with Gasteiger partial charge < -0.3 is 11.1 Å². The van der Waals surface area contributed by atoms with E-state index in [4.69, 9.17) is 18.0 Å². The summed E-state index contributed by atoms with van der Waals surface area (Å²) in [6.07, 6.45) is 0.968. The van der Waals surface area contributed by atoms with Crippen molar-refractivity contribution in [3.63, 3.8) is 0 Å². The third kappa shape index (κ3) is 5.17. The number of rotatable bonds is 5. The lowest BCUT2D eigenvalue weighted by molar-refractivity contribution is -0.123. The molecule has 3 N–H and O–H groups in total. The lowest BCUT2D eigenvalue weighted by atomic mass is 10.0. The Morgan fingerprint density at radius 1 is 1.36 bits per heavy atom. The molecule has 0 radical (unpaired) electrons. The molecule has 0 fully saturated rings. The largest absolute Gasteiger partial charge is 0.393 e. The maximum Gasteiger partial charge on any atom is 0.229 e. The van der Waals surface area contributed by atoms with E-state index in [0.29, 0.717) is 5.92 Å². The van der Waals surface area contributed by atoms with Crippen molar-refractivity contribution < 1.29 is 4.79 Å². The van der Waals surface area contributed by atoms with Gasteiger partial charge in [-0.25, -0.2) is 0 Å². The van der Waals surface area contributed by atoms with Crippen LogP contribution in [0.4, 0.5) is 0 Å². The van der Waals surface area contributed by atoms with Crippen LogP contribution in [0.15, 0.2) is 0 Å². The van der Waals surface area contributed by atoms with Crippen molar-refractivity contribution in [1.82, 2.24) is 5.32 Å². The van der Waals surface area contributed by atoms with Crippen molar-refractivity contribution in [3.8, 4) is 0 Å². The van der Waals surface area contributed by atoms with Crippen molar-refractivity contribution in [3.05, 3.63) is 0 Å². The van der Waals surface area contributed by atoms with E-state index < -0.39 is 0 Å². The van der Waals surface area contributed by atoms with Crippen molar-refractivity contribution in [2.24, 2.45) is 17.6 Å². The predicted molar refractivity (Wildman–Crippen MR) is 63.0 cm³/mol. The minimum Gasteiger partial charge on any atom is -0.393 e. The Kier molecular flexibility index (Phi) is 5.69. The minimum absolute atomic E-state index is 0.0781. The van der Waals surface area contributed by atoms with Gasteiger partial charge in [0, 0.05) is 6.04 Å². The van der Waals surface area contributed by atoms with E-state index in [0.717, 1.165) is 6.42 Å². The van der Waals surface area contributed by atoms with Crippen molar-refractivity contribution >= 4 is 23.1 Å². The van der Waals surface area contributed by atoms with Crippen LogP contribution in [0.25, 0.3) is 0 Å². The average Bonchev–Trinajstić information content (AvgIpc) is 2.00. The monoisotopic (exact) mass is 216 g/mol. The first kappa shape index (κ1) is 13.4. The smallest absolute Gasteiger partial charge is 0.229 e. The zero-order chi connectivity index (χ0) is 11.3. The molecule has 1 amide bonds. The van der Waals surface area contributed by atoms with Gasteiger partial charge in [0.1, 0.15) is 0 Å². The number of amides is 1. The summed E-state index contributed by atoms with van der Waals surface area (Å²) in [5.74, 6) is 0.121. The molecule has 0 saturated heterocycles. The van der Waals surface area contributed by atoms with Gasteiger partial charge >= 0.3 is 0 Å². The zero-order valence-electron chi connectivity index (χ0n) is 9.33. The molecule has 0 aromatic carbocycles. The Hall–Kier alpha value is -0.640. The predicted octanol–water partition coefficient (Wildman–Crippen LogP) is 1.46. The molecule has 14 heavy (non-hydrogen) atoms. The van der Waals surface area contributed by atoms with Crippen LogP contribution in [-0.4, -0.2) is 16.9 Å². The van der Waals surface area contributed by atoms with Crippen molar-refractivity contribution in [1.29, 1.82) is 0 Å². The van der Waals surface area contributed by atoms with Crippen LogP contribution in [0.5, 0.6) is 0 Å². The normalized spacial score (nSPS) is 14.9. The van der Waals surface area contributed by atoms with E-state index in [2.05, 4.69) is 19.2 Å². The summed E-state index contributed by atoms with van der Waals surface area (Å²) < 4.78 is 0. The zero-order valence-corrected chi connectivity index (χ0v) is 10.1. The van der Waals surface area contributed by atoms with Gasteiger partial charge in [0.05, 0.1) is 10.9 Å². The highest BCUT2D eigenvalue weighted by molar-refractivity contribution is 7.80. The Labute approximate surface area is 91.4 Å². The van der Waals surface area contributed by atoms with Crippen molar-refractivity contribution in [2.75, 3.05) is 0 Å². The van der Waals surface area contributed by atoms with Gasteiger partial charge in [-0.3, -0.25) is 4.79 Å². The van der Waals surface area contributed by atoms with Crippen LogP contribution in [0, 0.1) is 11.8 Å². The summed E-state index contributed by atoms with van der Waals surface area (Å²) in [5, 5.41) is 2.89. The lowest BCUT2D eigenvalue weighted by Gasteiger charge is -2.18. The molecule has 0 bridgehead atoms. The molecule has 0 aliphatic rings. The summed E-state index contributed by atoms with van der Waals surface area (Å²) in [5.41, 5.74) is 5.38. The minimum atomic E-state index is -0.375. The second-order valence-electron chi connectivity index (χ2n) is 4.16. The van der Waals surface area contributed by atoms with E-state index in [-0.39, 0.29) is 22.9 Å². The van der Waals surface area contributed by atoms with Gasteiger partial charge in [-0.05, 0) is 26.2 Å². The maximum atomic E-state index is 11.5. The molecule has 3 nitrogen and oxygen atoms in total. The van der Waals surface area contributed by atoms with Crippen LogP contribution in [-0.2, 0) is 4.79 Å². The van der Waals surface area contributed by atoms with E-state index in [1.165, 1.54) is 0 Å². The molecule has 82 valence electrons. The number of hydrogen-bond donors (Lipinski definition) is 2. The van der Waals surface area contributed by atoms with Crippen molar-refractivity contribution in [2.45, 2.75) is 40.2 Å². The summed E-state index contributed by atoms with van der Waals surface area (Å²) in [4.78, 5) is 11.7. The number of thiocarbonyl (C=S) groups is 1. The first-order valence-electron chi connectivity index (χ1n) is 4.94. The van der Waals surface area contributed by atoms with Gasteiger partial charge in [-0.1, -0.05) is 26.1 Å². The van der Waals surface area contributed by atoms with Gasteiger partial charge in [-0.2, -0.15) is 0 Å². The molecule has 0 spiro atoms. The Morgan fingerprint density at radius 2 is 1.86 bits per heavy atom. The quantitative estimate of drug-likeness (QED) is 0.684. The molecule has 0 aromatic rings. The van der Waals surface area contributed by atoms with Crippen LogP contribution in [0.1, 0.15) is 34.1 Å². The molecule has 2 unspecified atom stereocenters. The molecular formula is C10H20N2OS. The summed E-state index contributed by atoms with van der Waals surface area (Å²) in [6.45, 7) is 7.96.